The summed E-state index contributed by atoms with van der Waals surface area (Å²) in [4.78, 5) is 11.6. The third-order valence-corrected chi connectivity index (χ3v) is 4.16. The Hall–Kier alpha value is -1.47. The normalized spacial score (nSPS) is 11.6. The number of halogens is 1. The summed E-state index contributed by atoms with van der Waals surface area (Å²) in [5, 5.41) is 2.32. The number of amides is 1. The van der Waals surface area contributed by atoms with Gasteiger partial charge in [0.05, 0.1) is 18.0 Å². The van der Waals surface area contributed by atoms with Crippen molar-refractivity contribution in [2.24, 2.45) is 0 Å². The minimum Gasteiger partial charge on any atom is -0.322 e. The van der Waals surface area contributed by atoms with Crippen LogP contribution in [0.3, 0.4) is 0 Å². The molecule has 0 heterocycles. The maximum Gasteiger partial charge on any atom is 0.239 e. The Balaban J connectivity index is 2.66. The molecule has 0 bridgehead atoms. The lowest BCUT2D eigenvalue weighted by Crippen LogP contribution is -2.35. The zero-order valence-corrected chi connectivity index (χ0v) is 11.0. The Bertz CT molecular complexity index is 531. The molecule has 1 aromatic carbocycles. The van der Waals surface area contributed by atoms with Gasteiger partial charge in [0.15, 0.2) is 0 Å². The second-order valence-electron chi connectivity index (χ2n) is 3.68. The van der Waals surface area contributed by atoms with E-state index in [0.29, 0.717) is 0 Å². The highest BCUT2D eigenvalue weighted by molar-refractivity contribution is 7.89. The van der Waals surface area contributed by atoms with Crippen molar-refractivity contribution in [2.75, 3.05) is 24.7 Å². The van der Waals surface area contributed by atoms with Crippen molar-refractivity contribution >= 4 is 21.6 Å². The number of carbonyl (C=O) groups is 1. The molecule has 18 heavy (non-hydrogen) atoms. The van der Waals surface area contributed by atoms with Crippen LogP contribution in [0.1, 0.15) is 6.92 Å². The van der Waals surface area contributed by atoms with Gasteiger partial charge in [-0.25, -0.2) is 12.8 Å². The molecule has 0 saturated heterocycles. The second kappa shape index (κ2) is 5.92. The predicted molar refractivity (Wildman–Crippen MR) is 67.1 cm³/mol. The van der Waals surface area contributed by atoms with Gasteiger partial charge in [0.25, 0.3) is 0 Å². The van der Waals surface area contributed by atoms with E-state index in [9.17, 15) is 17.6 Å². The quantitative estimate of drug-likeness (QED) is 0.872. The van der Waals surface area contributed by atoms with Crippen LogP contribution in [0.15, 0.2) is 24.3 Å². The van der Waals surface area contributed by atoms with Gasteiger partial charge in [0.2, 0.25) is 15.9 Å². The van der Waals surface area contributed by atoms with Crippen LogP contribution < -0.4 is 5.32 Å². The summed E-state index contributed by atoms with van der Waals surface area (Å²) in [6.45, 7) is 1.14. The first-order valence-electron chi connectivity index (χ1n) is 5.35. The number of nitrogens with zero attached hydrogens (tertiary/aromatic N) is 1. The van der Waals surface area contributed by atoms with E-state index < -0.39 is 21.7 Å². The van der Waals surface area contributed by atoms with E-state index in [1.165, 1.54) is 32.2 Å². The molecule has 0 fully saturated rings. The molecule has 0 unspecified atom stereocenters. The number of nitrogens with one attached hydrogen (secondary N) is 1. The minimum atomic E-state index is -3.42. The lowest BCUT2D eigenvalue weighted by Gasteiger charge is -2.15. The molecule has 1 aromatic rings. The molecule has 1 rings (SSSR count). The van der Waals surface area contributed by atoms with Gasteiger partial charge in [-0.15, -0.1) is 0 Å². The largest absolute Gasteiger partial charge is 0.322 e. The van der Waals surface area contributed by atoms with E-state index in [4.69, 9.17) is 0 Å². The monoisotopic (exact) mass is 274 g/mol. The third kappa shape index (κ3) is 3.78. The standard InChI is InChI=1S/C11H15FN2O3S/c1-3-18(16,17)14(2)8-11(15)13-10-7-5-4-6-9(10)12/h4-7H,3,8H2,1-2H3,(H,13,15). The van der Waals surface area contributed by atoms with Gasteiger partial charge in [-0.2, -0.15) is 4.31 Å². The number of rotatable bonds is 5. The Morgan fingerprint density at radius 3 is 2.56 bits per heavy atom. The molecular weight excluding hydrogens is 259 g/mol. The molecule has 0 radical (unpaired) electrons. The van der Waals surface area contributed by atoms with Crippen molar-refractivity contribution in [1.29, 1.82) is 0 Å². The topological polar surface area (TPSA) is 66.5 Å². The van der Waals surface area contributed by atoms with Crippen LogP contribution in [-0.4, -0.2) is 38.0 Å². The third-order valence-electron chi connectivity index (χ3n) is 2.35. The van der Waals surface area contributed by atoms with Crippen LogP contribution in [-0.2, 0) is 14.8 Å². The first-order chi connectivity index (χ1) is 8.36. The predicted octanol–water partition coefficient (Wildman–Crippen LogP) is 1.05. The van der Waals surface area contributed by atoms with Crippen LogP contribution in [0.5, 0.6) is 0 Å². The van der Waals surface area contributed by atoms with Crippen LogP contribution in [0, 0.1) is 5.82 Å². The molecule has 0 spiro atoms. The van der Waals surface area contributed by atoms with Gasteiger partial charge < -0.3 is 5.32 Å². The average molecular weight is 274 g/mol. The maximum absolute atomic E-state index is 13.2. The molecule has 0 aliphatic heterocycles. The van der Waals surface area contributed by atoms with Crippen molar-refractivity contribution in [1.82, 2.24) is 4.31 Å². The Morgan fingerprint density at radius 1 is 1.39 bits per heavy atom. The molecule has 100 valence electrons. The first-order valence-corrected chi connectivity index (χ1v) is 6.96. The summed E-state index contributed by atoms with van der Waals surface area (Å²) in [7, 11) is -2.11. The fourth-order valence-electron chi connectivity index (χ4n) is 1.27. The smallest absolute Gasteiger partial charge is 0.239 e. The average Bonchev–Trinajstić information content (AvgIpc) is 2.32. The van der Waals surface area contributed by atoms with E-state index >= 15 is 0 Å². The second-order valence-corrected chi connectivity index (χ2v) is 6.05. The molecule has 1 N–H and O–H groups in total. The fraction of sp³-hybridized carbons (Fsp3) is 0.364. The van der Waals surface area contributed by atoms with Crippen molar-refractivity contribution in [2.45, 2.75) is 6.92 Å². The summed E-state index contributed by atoms with van der Waals surface area (Å²) in [6, 6.07) is 5.69. The van der Waals surface area contributed by atoms with E-state index in [1.54, 1.807) is 6.07 Å². The van der Waals surface area contributed by atoms with Gasteiger partial charge in [0, 0.05) is 7.05 Å². The van der Waals surface area contributed by atoms with Crippen LogP contribution in [0.25, 0.3) is 0 Å². The van der Waals surface area contributed by atoms with Gasteiger partial charge in [0.1, 0.15) is 5.82 Å². The summed E-state index contributed by atoms with van der Waals surface area (Å²) < 4.78 is 37.0. The number of hydrogen-bond acceptors (Lipinski definition) is 3. The van der Waals surface area contributed by atoms with Crippen LogP contribution >= 0.6 is 0 Å². The number of benzene rings is 1. The number of carbonyl (C=O) groups excluding carboxylic acids is 1. The number of likely N-dealkylation sites (N-methyl/N-ethyl adjacent to an activating group) is 1. The number of sulfonamides is 1. The van der Waals surface area contributed by atoms with Gasteiger partial charge >= 0.3 is 0 Å². The number of anilines is 1. The van der Waals surface area contributed by atoms with E-state index in [0.717, 1.165) is 4.31 Å². The lowest BCUT2D eigenvalue weighted by atomic mass is 10.3. The minimum absolute atomic E-state index is 0.0322. The molecule has 0 atom stereocenters. The Morgan fingerprint density at radius 2 is 2.00 bits per heavy atom. The Kier molecular flexibility index (Phi) is 4.80. The highest BCUT2D eigenvalue weighted by Crippen LogP contribution is 2.12. The van der Waals surface area contributed by atoms with Crippen molar-refractivity contribution in [3.8, 4) is 0 Å². The molecule has 7 heteroatoms. The lowest BCUT2D eigenvalue weighted by molar-refractivity contribution is -0.116. The van der Waals surface area contributed by atoms with Crippen molar-refractivity contribution in [3.63, 3.8) is 0 Å². The highest BCUT2D eigenvalue weighted by Gasteiger charge is 2.18. The van der Waals surface area contributed by atoms with Crippen LogP contribution in [0.2, 0.25) is 0 Å². The SMILES string of the molecule is CCS(=O)(=O)N(C)CC(=O)Nc1ccccc1F. The summed E-state index contributed by atoms with van der Waals surface area (Å²) >= 11 is 0. The summed E-state index contributed by atoms with van der Waals surface area (Å²) in [5.74, 6) is -1.23. The van der Waals surface area contributed by atoms with Gasteiger partial charge in [-0.05, 0) is 19.1 Å². The van der Waals surface area contributed by atoms with E-state index in [1.807, 2.05) is 0 Å². The fourth-order valence-corrected chi connectivity index (χ4v) is 2.03. The van der Waals surface area contributed by atoms with E-state index in [-0.39, 0.29) is 18.0 Å². The first kappa shape index (κ1) is 14.6. The molecule has 0 aliphatic carbocycles. The van der Waals surface area contributed by atoms with Gasteiger partial charge in [-0.3, -0.25) is 4.79 Å². The maximum atomic E-state index is 13.2. The zero-order valence-electron chi connectivity index (χ0n) is 10.2. The molecule has 0 saturated carbocycles. The zero-order chi connectivity index (χ0) is 13.8. The Labute approximate surface area is 106 Å². The number of para-hydroxylation sites is 1. The van der Waals surface area contributed by atoms with E-state index in [2.05, 4.69) is 5.32 Å². The highest BCUT2D eigenvalue weighted by atomic mass is 32.2. The molecule has 0 aliphatic rings. The van der Waals surface area contributed by atoms with Gasteiger partial charge in [-0.1, -0.05) is 12.1 Å². The molecular formula is C11H15FN2O3S. The molecule has 0 aromatic heterocycles. The summed E-state index contributed by atoms with van der Waals surface area (Å²) in [5.41, 5.74) is 0.0322. The summed E-state index contributed by atoms with van der Waals surface area (Å²) in [6.07, 6.45) is 0. The molecule has 1 amide bonds. The van der Waals surface area contributed by atoms with Crippen molar-refractivity contribution < 1.29 is 17.6 Å². The number of hydrogen-bond donors (Lipinski definition) is 1. The van der Waals surface area contributed by atoms with Crippen LogP contribution in [0.4, 0.5) is 10.1 Å². The van der Waals surface area contributed by atoms with Crippen molar-refractivity contribution in [3.05, 3.63) is 30.1 Å². The molecule has 5 nitrogen and oxygen atoms in total.